The number of hydrogen-bond donors (Lipinski definition) is 1. The average molecular weight is 443 g/mol. The van der Waals surface area contributed by atoms with E-state index in [0.29, 0.717) is 17.0 Å². The van der Waals surface area contributed by atoms with Gasteiger partial charge in [-0.05, 0) is 61.7 Å². The molecule has 2 aromatic rings. The van der Waals surface area contributed by atoms with Crippen LogP contribution in [-0.2, 0) is 4.79 Å². The van der Waals surface area contributed by atoms with E-state index in [1.807, 2.05) is 42.2 Å². The SMILES string of the molecule is COc1ccc(Br)cc1/C=C/C(=O)Nc1cccc(C(=O)N2CCCC2)c1C. The van der Waals surface area contributed by atoms with E-state index in [-0.39, 0.29) is 11.8 Å². The summed E-state index contributed by atoms with van der Waals surface area (Å²) in [6.07, 6.45) is 5.25. The van der Waals surface area contributed by atoms with E-state index in [4.69, 9.17) is 4.74 Å². The second-order valence-corrected chi connectivity index (χ2v) is 7.60. The Bertz CT molecular complexity index is 918. The van der Waals surface area contributed by atoms with Gasteiger partial charge in [-0.3, -0.25) is 9.59 Å². The number of nitrogens with one attached hydrogen (secondary N) is 1. The minimum atomic E-state index is -0.268. The highest BCUT2D eigenvalue weighted by atomic mass is 79.9. The Balaban J connectivity index is 1.75. The maximum Gasteiger partial charge on any atom is 0.254 e. The first kappa shape index (κ1) is 20.1. The van der Waals surface area contributed by atoms with E-state index in [1.54, 1.807) is 19.3 Å². The third kappa shape index (κ3) is 4.62. The van der Waals surface area contributed by atoms with Crippen LogP contribution in [0, 0.1) is 6.92 Å². The number of carbonyl (C=O) groups excluding carboxylic acids is 2. The molecule has 0 atom stereocenters. The van der Waals surface area contributed by atoms with Gasteiger partial charge in [0.15, 0.2) is 0 Å². The first-order chi connectivity index (χ1) is 13.5. The maximum absolute atomic E-state index is 12.7. The van der Waals surface area contributed by atoms with E-state index < -0.39 is 0 Å². The molecule has 5 nitrogen and oxygen atoms in total. The summed E-state index contributed by atoms with van der Waals surface area (Å²) in [4.78, 5) is 27.0. The summed E-state index contributed by atoms with van der Waals surface area (Å²) in [6.45, 7) is 3.46. The van der Waals surface area contributed by atoms with Gasteiger partial charge in [0.1, 0.15) is 5.75 Å². The van der Waals surface area contributed by atoms with Gasteiger partial charge in [-0.15, -0.1) is 0 Å². The molecular formula is C22H23BrN2O3. The number of likely N-dealkylation sites (tertiary alicyclic amines) is 1. The van der Waals surface area contributed by atoms with Gasteiger partial charge in [-0.1, -0.05) is 22.0 Å². The number of nitrogens with zero attached hydrogens (tertiary/aromatic N) is 1. The predicted molar refractivity (Wildman–Crippen MR) is 115 cm³/mol. The van der Waals surface area contributed by atoms with Crippen LogP contribution in [-0.4, -0.2) is 36.9 Å². The van der Waals surface area contributed by atoms with Gasteiger partial charge in [0.2, 0.25) is 5.91 Å². The minimum absolute atomic E-state index is 0.0283. The van der Waals surface area contributed by atoms with Gasteiger partial charge in [-0.25, -0.2) is 0 Å². The number of rotatable bonds is 5. The second kappa shape index (κ2) is 9.06. The van der Waals surface area contributed by atoms with Crippen molar-refractivity contribution in [2.45, 2.75) is 19.8 Å². The van der Waals surface area contributed by atoms with E-state index in [0.717, 1.165) is 41.5 Å². The van der Waals surface area contributed by atoms with Gasteiger partial charge >= 0.3 is 0 Å². The highest BCUT2D eigenvalue weighted by Crippen LogP contribution is 2.25. The van der Waals surface area contributed by atoms with E-state index in [1.165, 1.54) is 6.08 Å². The molecule has 1 aliphatic heterocycles. The normalized spacial score (nSPS) is 13.8. The Morgan fingerprint density at radius 1 is 1.18 bits per heavy atom. The van der Waals surface area contributed by atoms with E-state index >= 15 is 0 Å². The van der Waals surface area contributed by atoms with Crippen molar-refractivity contribution in [2.75, 3.05) is 25.5 Å². The zero-order valence-corrected chi connectivity index (χ0v) is 17.6. The Morgan fingerprint density at radius 3 is 2.64 bits per heavy atom. The fraction of sp³-hybridized carbons (Fsp3) is 0.273. The fourth-order valence-electron chi connectivity index (χ4n) is 3.27. The molecule has 3 rings (SSSR count). The predicted octanol–water partition coefficient (Wildman–Crippen LogP) is 4.65. The van der Waals surface area contributed by atoms with Crippen LogP contribution in [0.1, 0.15) is 34.3 Å². The van der Waals surface area contributed by atoms with Gasteiger partial charge in [0, 0.05) is 40.5 Å². The van der Waals surface area contributed by atoms with Crippen molar-refractivity contribution in [3.8, 4) is 5.75 Å². The first-order valence-electron chi connectivity index (χ1n) is 9.21. The summed E-state index contributed by atoms with van der Waals surface area (Å²) >= 11 is 3.42. The second-order valence-electron chi connectivity index (χ2n) is 6.69. The number of carbonyl (C=O) groups is 2. The van der Waals surface area contributed by atoms with Crippen molar-refractivity contribution in [3.63, 3.8) is 0 Å². The lowest BCUT2D eigenvalue weighted by Crippen LogP contribution is -2.28. The fourth-order valence-corrected chi connectivity index (χ4v) is 3.65. The Labute approximate surface area is 173 Å². The third-order valence-corrected chi connectivity index (χ3v) is 5.31. The molecule has 0 aromatic heterocycles. The molecule has 2 amide bonds. The molecule has 0 aliphatic carbocycles. The molecule has 0 unspecified atom stereocenters. The van der Waals surface area contributed by atoms with Crippen LogP contribution in [0.2, 0.25) is 0 Å². The summed E-state index contributed by atoms with van der Waals surface area (Å²) in [5.74, 6) is 0.443. The van der Waals surface area contributed by atoms with Crippen molar-refractivity contribution in [1.82, 2.24) is 4.90 Å². The molecule has 1 aliphatic rings. The quantitative estimate of drug-likeness (QED) is 0.685. The van der Waals surface area contributed by atoms with Gasteiger partial charge in [0.25, 0.3) is 5.91 Å². The van der Waals surface area contributed by atoms with Crippen LogP contribution < -0.4 is 10.1 Å². The number of amides is 2. The summed E-state index contributed by atoms with van der Waals surface area (Å²) < 4.78 is 6.22. The number of methoxy groups -OCH3 is 1. The molecule has 1 N–H and O–H groups in total. The van der Waals surface area contributed by atoms with Crippen LogP contribution in [0.3, 0.4) is 0 Å². The number of halogens is 1. The van der Waals surface area contributed by atoms with Crippen LogP contribution in [0.15, 0.2) is 46.9 Å². The summed E-state index contributed by atoms with van der Waals surface area (Å²) in [5.41, 5.74) is 2.85. The number of anilines is 1. The Kier molecular flexibility index (Phi) is 6.52. The van der Waals surface area contributed by atoms with Crippen molar-refractivity contribution in [2.24, 2.45) is 0 Å². The van der Waals surface area contributed by atoms with Crippen LogP contribution in [0.25, 0.3) is 6.08 Å². The molecule has 0 saturated carbocycles. The lowest BCUT2D eigenvalue weighted by Gasteiger charge is -2.18. The molecule has 146 valence electrons. The highest BCUT2D eigenvalue weighted by Gasteiger charge is 2.21. The monoisotopic (exact) mass is 442 g/mol. The van der Waals surface area contributed by atoms with Gasteiger partial charge in [0.05, 0.1) is 7.11 Å². The Hall–Kier alpha value is -2.60. The summed E-state index contributed by atoms with van der Waals surface area (Å²) in [7, 11) is 1.59. The van der Waals surface area contributed by atoms with Crippen molar-refractivity contribution in [3.05, 3.63) is 63.6 Å². The molecule has 6 heteroatoms. The number of ether oxygens (including phenoxy) is 1. The molecule has 0 spiro atoms. The largest absolute Gasteiger partial charge is 0.496 e. The topological polar surface area (TPSA) is 58.6 Å². The van der Waals surface area contributed by atoms with Crippen molar-refractivity contribution >= 4 is 39.5 Å². The summed E-state index contributed by atoms with van der Waals surface area (Å²) in [6, 6.07) is 11.0. The van der Waals surface area contributed by atoms with Gasteiger partial charge in [-0.2, -0.15) is 0 Å². The standard InChI is InChI=1S/C22H23BrN2O3/c1-15-18(22(27)25-12-3-4-13-25)6-5-7-19(15)24-21(26)11-8-16-14-17(23)9-10-20(16)28-2/h5-11,14H,3-4,12-13H2,1-2H3,(H,24,26)/b11-8+. The molecular weight excluding hydrogens is 420 g/mol. The third-order valence-electron chi connectivity index (χ3n) is 4.82. The maximum atomic E-state index is 12.7. The average Bonchev–Trinajstić information content (AvgIpc) is 3.22. The zero-order valence-electron chi connectivity index (χ0n) is 16.0. The molecule has 0 bridgehead atoms. The summed E-state index contributed by atoms with van der Waals surface area (Å²) in [5, 5.41) is 2.87. The molecule has 28 heavy (non-hydrogen) atoms. The molecule has 1 saturated heterocycles. The van der Waals surface area contributed by atoms with Crippen molar-refractivity contribution in [1.29, 1.82) is 0 Å². The van der Waals surface area contributed by atoms with Gasteiger partial charge < -0.3 is 15.0 Å². The van der Waals surface area contributed by atoms with Crippen molar-refractivity contribution < 1.29 is 14.3 Å². The number of benzene rings is 2. The lowest BCUT2D eigenvalue weighted by molar-refractivity contribution is -0.111. The molecule has 2 aromatic carbocycles. The van der Waals surface area contributed by atoms with Crippen LogP contribution in [0.4, 0.5) is 5.69 Å². The highest BCUT2D eigenvalue weighted by molar-refractivity contribution is 9.10. The Morgan fingerprint density at radius 2 is 1.93 bits per heavy atom. The number of hydrogen-bond acceptors (Lipinski definition) is 3. The molecule has 0 radical (unpaired) electrons. The lowest BCUT2D eigenvalue weighted by atomic mass is 10.1. The van der Waals surface area contributed by atoms with E-state index in [9.17, 15) is 9.59 Å². The van der Waals surface area contributed by atoms with E-state index in [2.05, 4.69) is 21.2 Å². The minimum Gasteiger partial charge on any atom is -0.496 e. The first-order valence-corrected chi connectivity index (χ1v) is 10.0. The molecule has 1 fully saturated rings. The van der Waals surface area contributed by atoms with Crippen LogP contribution >= 0.6 is 15.9 Å². The smallest absolute Gasteiger partial charge is 0.254 e. The van der Waals surface area contributed by atoms with Crippen LogP contribution in [0.5, 0.6) is 5.75 Å². The zero-order chi connectivity index (χ0) is 20.1. The molecule has 1 heterocycles.